The van der Waals surface area contributed by atoms with E-state index in [2.05, 4.69) is 74.6 Å². The summed E-state index contributed by atoms with van der Waals surface area (Å²) in [5.74, 6) is -0.674. The van der Waals surface area contributed by atoms with Crippen LogP contribution in [0.4, 0.5) is 0 Å². The molecular weight excluding hydrogens is 536 g/mol. The van der Waals surface area contributed by atoms with E-state index in [1.165, 1.54) is 64.2 Å². The van der Waals surface area contributed by atoms with Crippen LogP contribution in [0.15, 0.2) is 60.8 Å². The van der Waals surface area contributed by atoms with Crippen molar-refractivity contribution in [1.29, 1.82) is 0 Å². The Labute approximate surface area is 264 Å². The summed E-state index contributed by atoms with van der Waals surface area (Å²) in [5, 5.41) is 9.50. The fourth-order valence-electron chi connectivity index (χ4n) is 4.36. The minimum absolute atomic E-state index is 0.0998. The number of allylic oxidation sites excluding steroid dienone is 10. The molecule has 0 fully saturated rings. The first kappa shape index (κ1) is 40.6. The van der Waals surface area contributed by atoms with Gasteiger partial charge in [0.15, 0.2) is 6.10 Å². The molecule has 0 aromatic heterocycles. The molecule has 0 aromatic rings. The number of ether oxygens (including phenoxy) is 2. The molecule has 0 aliphatic carbocycles. The molecule has 0 spiro atoms. The second-order valence-electron chi connectivity index (χ2n) is 11.2. The van der Waals surface area contributed by atoms with Crippen molar-refractivity contribution in [2.24, 2.45) is 0 Å². The van der Waals surface area contributed by atoms with Crippen LogP contribution in [0.25, 0.3) is 0 Å². The average Bonchev–Trinajstić information content (AvgIpc) is 3.01. The lowest BCUT2D eigenvalue weighted by atomic mass is 10.1. The molecule has 0 radical (unpaired) electrons. The molecule has 0 aliphatic rings. The zero-order valence-corrected chi connectivity index (χ0v) is 27.7. The monoisotopic (exact) mass is 600 g/mol. The van der Waals surface area contributed by atoms with Crippen molar-refractivity contribution in [2.45, 2.75) is 155 Å². The van der Waals surface area contributed by atoms with Crippen LogP contribution in [0.2, 0.25) is 0 Å². The van der Waals surface area contributed by atoms with Gasteiger partial charge in [0.25, 0.3) is 0 Å². The summed E-state index contributed by atoms with van der Waals surface area (Å²) in [6.45, 7) is 4.00. The molecule has 0 aromatic carbocycles. The Morgan fingerprint density at radius 2 is 0.953 bits per heavy atom. The van der Waals surface area contributed by atoms with Crippen molar-refractivity contribution in [2.75, 3.05) is 13.2 Å². The number of carbonyl (C=O) groups is 2. The molecule has 246 valence electrons. The zero-order chi connectivity index (χ0) is 31.5. The van der Waals surface area contributed by atoms with E-state index in [1.54, 1.807) is 0 Å². The quantitative estimate of drug-likeness (QED) is 0.0504. The second-order valence-corrected chi connectivity index (χ2v) is 11.2. The highest BCUT2D eigenvalue weighted by Gasteiger charge is 2.15. The average molecular weight is 601 g/mol. The van der Waals surface area contributed by atoms with Crippen molar-refractivity contribution in [3.63, 3.8) is 0 Å². The Balaban J connectivity index is 3.73. The Bertz CT molecular complexity index is 777. The molecule has 0 bridgehead atoms. The van der Waals surface area contributed by atoms with E-state index < -0.39 is 6.10 Å². The van der Waals surface area contributed by atoms with E-state index in [-0.39, 0.29) is 25.2 Å². The minimum Gasteiger partial charge on any atom is -0.462 e. The minimum atomic E-state index is -0.797. The van der Waals surface area contributed by atoms with Crippen molar-refractivity contribution in [3.05, 3.63) is 60.8 Å². The maximum absolute atomic E-state index is 12.1. The van der Waals surface area contributed by atoms with Crippen LogP contribution in [0, 0.1) is 0 Å². The van der Waals surface area contributed by atoms with Crippen LogP contribution < -0.4 is 0 Å². The number of unbranched alkanes of at least 4 members (excludes halogenated alkanes) is 12. The van der Waals surface area contributed by atoms with Gasteiger partial charge in [-0.15, -0.1) is 0 Å². The highest BCUT2D eigenvalue weighted by atomic mass is 16.6. The first-order valence-corrected chi connectivity index (χ1v) is 17.3. The third kappa shape index (κ3) is 32.4. The normalized spacial score (nSPS) is 12.9. The van der Waals surface area contributed by atoms with Crippen molar-refractivity contribution >= 4 is 11.9 Å². The lowest BCUT2D eigenvalue weighted by Crippen LogP contribution is -2.28. The van der Waals surface area contributed by atoms with E-state index in [9.17, 15) is 14.7 Å². The first-order valence-electron chi connectivity index (χ1n) is 17.3. The second kappa shape index (κ2) is 34.1. The summed E-state index contributed by atoms with van der Waals surface area (Å²) >= 11 is 0. The van der Waals surface area contributed by atoms with Gasteiger partial charge in [0.2, 0.25) is 0 Å². The molecule has 1 atom stereocenters. The van der Waals surface area contributed by atoms with E-state index in [0.29, 0.717) is 19.3 Å². The summed E-state index contributed by atoms with van der Waals surface area (Å²) in [7, 11) is 0. The van der Waals surface area contributed by atoms with Gasteiger partial charge in [-0.2, -0.15) is 0 Å². The summed E-state index contributed by atoms with van der Waals surface area (Å²) in [6.07, 6.45) is 42.7. The Kier molecular flexibility index (Phi) is 32.2. The molecular formula is C38H64O5. The Morgan fingerprint density at radius 1 is 0.535 bits per heavy atom. The Hall–Kier alpha value is -2.40. The Morgan fingerprint density at radius 3 is 1.49 bits per heavy atom. The number of esters is 2. The van der Waals surface area contributed by atoms with Crippen LogP contribution in [0.1, 0.15) is 149 Å². The third-order valence-corrected chi connectivity index (χ3v) is 7.03. The molecule has 43 heavy (non-hydrogen) atoms. The van der Waals surface area contributed by atoms with E-state index in [0.717, 1.165) is 51.4 Å². The molecule has 5 heteroatoms. The molecule has 1 N–H and O–H groups in total. The summed E-state index contributed by atoms with van der Waals surface area (Å²) in [6, 6.07) is 0. The topological polar surface area (TPSA) is 72.8 Å². The molecule has 0 rings (SSSR count). The maximum Gasteiger partial charge on any atom is 0.306 e. The lowest BCUT2D eigenvalue weighted by molar-refractivity contribution is -0.161. The molecule has 0 heterocycles. The third-order valence-electron chi connectivity index (χ3n) is 7.03. The highest BCUT2D eigenvalue weighted by Crippen LogP contribution is 2.10. The first-order chi connectivity index (χ1) is 21.1. The molecule has 0 amide bonds. The summed E-state index contributed by atoms with van der Waals surface area (Å²) in [4.78, 5) is 24.1. The van der Waals surface area contributed by atoms with Crippen LogP contribution in [-0.2, 0) is 19.1 Å². The van der Waals surface area contributed by atoms with Gasteiger partial charge in [-0.05, 0) is 77.0 Å². The number of hydrogen-bond acceptors (Lipinski definition) is 5. The van der Waals surface area contributed by atoms with Gasteiger partial charge >= 0.3 is 11.9 Å². The summed E-state index contributed by atoms with van der Waals surface area (Å²) in [5.41, 5.74) is 0. The van der Waals surface area contributed by atoms with Crippen LogP contribution >= 0.6 is 0 Å². The number of aliphatic hydroxyl groups excluding tert-OH is 1. The van der Waals surface area contributed by atoms with Crippen LogP contribution in [0.3, 0.4) is 0 Å². The standard InChI is InChI=1S/C38H64O5/c1-3-5-7-9-11-13-15-17-18-19-20-21-23-24-26-28-30-32-37(40)42-35-36(34-39)43-38(41)33-31-29-27-25-22-16-14-12-10-8-6-4-2/h11-14,17-18,20-21,24,26,36,39H,3-10,15-16,19,22-23,25,27-35H2,1-2H3/b13-11+,14-12+,18-17+,21-20+,26-24+/t36-/m0/s1. The van der Waals surface area contributed by atoms with Gasteiger partial charge in [0, 0.05) is 12.8 Å². The summed E-state index contributed by atoms with van der Waals surface area (Å²) < 4.78 is 10.5. The highest BCUT2D eigenvalue weighted by molar-refractivity contribution is 5.70. The lowest BCUT2D eigenvalue weighted by Gasteiger charge is -2.15. The molecule has 5 nitrogen and oxygen atoms in total. The van der Waals surface area contributed by atoms with Crippen molar-refractivity contribution in [1.82, 2.24) is 0 Å². The number of carbonyl (C=O) groups excluding carboxylic acids is 2. The van der Waals surface area contributed by atoms with Gasteiger partial charge < -0.3 is 14.6 Å². The SMILES string of the molecule is CCCCC/C=C/C/C=C/C/C=C/C/C=C/CCCC(=O)OC[C@H](CO)OC(=O)CCCCCCC/C=C/CCCCC. The van der Waals surface area contributed by atoms with Gasteiger partial charge in [-0.25, -0.2) is 0 Å². The number of aliphatic hydroxyl groups is 1. The van der Waals surface area contributed by atoms with Crippen LogP contribution in [0.5, 0.6) is 0 Å². The molecule has 0 saturated heterocycles. The van der Waals surface area contributed by atoms with Gasteiger partial charge in [0.1, 0.15) is 6.61 Å². The predicted octanol–water partition coefficient (Wildman–Crippen LogP) is 10.4. The fraction of sp³-hybridized carbons (Fsp3) is 0.684. The van der Waals surface area contributed by atoms with E-state index in [4.69, 9.17) is 9.47 Å². The molecule has 0 aliphatic heterocycles. The number of hydrogen-bond donors (Lipinski definition) is 1. The van der Waals surface area contributed by atoms with Gasteiger partial charge in [0.05, 0.1) is 6.61 Å². The van der Waals surface area contributed by atoms with Crippen molar-refractivity contribution in [3.8, 4) is 0 Å². The maximum atomic E-state index is 12.1. The van der Waals surface area contributed by atoms with Gasteiger partial charge in [-0.3, -0.25) is 9.59 Å². The molecule has 0 saturated carbocycles. The largest absolute Gasteiger partial charge is 0.462 e. The smallest absolute Gasteiger partial charge is 0.306 e. The predicted molar refractivity (Wildman–Crippen MR) is 182 cm³/mol. The number of rotatable bonds is 30. The van der Waals surface area contributed by atoms with Crippen molar-refractivity contribution < 1.29 is 24.2 Å². The van der Waals surface area contributed by atoms with Crippen LogP contribution in [-0.4, -0.2) is 36.4 Å². The zero-order valence-electron chi connectivity index (χ0n) is 27.7. The molecule has 0 unspecified atom stereocenters. The van der Waals surface area contributed by atoms with E-state index in [1.807, 2.05) is 0 Å². The van der Waals surface area contributed by atoms with E-state index >= 15 is 0 Å². The fourth-order valence-corrected chi connectivity index (χ4v) is 4.36. The van der Waals surface area contributed by atoms with Gasteiger partial charge in [-0.1, -0.05) is 120 Å².